The summed E-state index contributed by atoms with van der Waals surface area (Å²) in [5.74, 6) is -1.14. The van der Waals surface area contributed by atoms with Crippen LogP contribution in [-0.2, 0) is 20.8 Å². The van der Waals surface area contributed by atoms with Gasteiger partial charge in [-0.1, -0.05) is 11.6 Å². The van der Waals surface area contributed by atoms with E-state index in [0.29, 0.717) is 23.0 Å². The molecule has 3 amide bonds. The zero-order valence-corrected chi connectivity index (χ0v) is 12.1. The molecule has 1 aliphatic rings. The molecular formula is C13H12ClN5O3. The van der Waals surface area contributed by atoms with Crippen LogP contribution in [-0.4, -0.2) is 38.7 Å². The number of H-pyrrole nitrogens is 1. The SMILES string of the molecule is O=C1CCC(NC(=O)Cc2c[nH]c3ncnc(Cl)c23)C(=O)N1. The van der Waals surface area contributed by atoms with E-state index in [1.54, 1.807) is 6.20 Å². The standard InChI is InChI=1S/C13H12ClN5O3/c14-11-10-6(4-15-12(10)17-5-16-11)3-9(21)18-7-1-2-8(20)19-13(7)22/h4-5,7H,1-3H2,(H,18,21)(H,15,16,17)(H,19,20,22). The Kier molecular flexibility index (Phi) is 3.76. The maximum Gasteiger partial charge on any atom is 0.249 e. The third-order valence-electron chi connectivity index (χ3n) is 3.43. The molecule has 3 heterocycles. The van der Waals surface area contributed by atoms with Crippen molar-refractivity contribution in [2.75, 3.05) is 0 Å². The minimum atomic E-state index is -0.692. The van der Waals surface area contributed by atoms with Crippen LogP contribution in [0.15, 0.2) is 12.5 Å². The molecule has 0 aliphatic carbocycles. The molecule has 3 N–H and O–H groups in total. The molecule has 114 valence electrons. The Morgan fingerprint density at radius 2 is 2.23 bits per heavy atom. The van der Waals surface area contributed by atoms with E-state index in [2.05, 4.69) is 25.6 Å². The van der Waals surface area contributed by atoms with Crippen LogP contribution in [0.3, 0.4) is 0 Å². The van der Waals surface area contributed by atoms with Gasteiger partial charge in [-0.2, -0.15) is 0 Å². The van der Waals surface area contributed by atoms with Crippen LogP contribution in [0.4, 0.5) is 0 Å². The van der Waals surface area contributed by atoms with Crippen LogP contribution in [0.2, 0.25) is 5.15 Å². The average molecular weight is 322 g/mol. The molecule has 0 radical (unpaired) electrons. The number of hydrogen-bond acceptors (Lipinski definition) is 5. The Morgan fingerprint density at radius 3 is 3.00 bits per heavy atom. The van der Waals surface area contributed by atoms with E-state index in [1.807, 2.05) is 0 Å². The fourth-order valence-corrected chi connectivity index (χ4v) is 2.63. The molecule has 1 unspecified atom stereocenters. The molecule has 22 heavy (non-hydrogen) atoms. The summed E-state index contributed by atoms with van der Waals surface area (Å²) >= 11 is 6.01. The summed E-state index contributed by atoms with van der Waals surface area (Å²) in [4.78, 5) is 45.6. The lowest BCUT2D eigenvalue weighted by atomic mass is 10.1. The Hall–Kier alpha value is -2.48. The van der Waals surface area contributed by atoms with Crippen LogP contribution in [0, 0.1) is 0 Å². The average Bonchev–Trinajstić information content (AvgIpc) is 2.86. The van der Waals surface area contributed by atoms with Gasteiger partial charge in [0.1, 0.15) is 23.2 Å². The van der Waals surface area contributed by atoms with E-state index in [9.17, 15) is 14.4 Å². The lowest BCUT2D eigenvalue weighted by molar-refractivity contribution is -0.137. The summed E-state index contributed by atoms with van der Waals surface area (Å²) in [7, 11) is 0. The number of nitrogens with one attached hydrogen (secondary N) is 3. The zero-order chi connectivity index (χ0) is 15.7. The number of amides is 3. The third kappa shape index (κ3) is 2.77. The fraction of sp³-hybridized carbons (Fsp3) is 0.308. The Bertz CT molecular complexity index is 772. The topological polar surface area (TPSA) is 117 Å². The Labute approximate surface area is 129 Å². The number of aromatic nitrogens is 3. The van der Waals surface area contributed by atoms with Crippen molar-refractivity contribution in [2.45, 2.75) is 25.3 Å². The van der Waals surface area contributed by atoms with E-state index in [-0.39, 0.29) is 29.8 Å². The molecule has 0 spiro atoms. The summed E-state index contributed by atoms with van der Waals surface area (Å²) in [6, 6.07) is -0.692. The Morgan fingerprint density at radius 1 is 1.41 bits per heavy atom. The van der Waals surface area contributed by atoms with Crippen molar-refractivity contribution in [3.05, 3.63) is 23.2 Å². The van der Waals surface area contributed by atoms with Gasteiger partial charge < -0.3 is 10.3 Å². The first kappa shape index (κ1) is 14.5. The number of fused-ring (bicyclic) bond motifs is 1. The molecular weight excluding hydrogens is 310 g/mol. The Balaban J connectivity index is 1.71. The summed E-state index contributed by atoms with van der Waals surface area (Å²) in [5, 5.41) is 5.65. The number of piperidine rings is 1. The third-order valence-corrected chi connectivity index (χ3v) is 3.72. The van der Waals surface area contributed by atoms with Gasteiger partial charge in [0.25, 0.3) is 0 Å². The molecule has 2 aromatic heterocycles. The van der Waals surface area contributed by atoms with Crippen molar-refractivity contribution in [3.63, 3.8) is 0 Å². The van der Waals surface area contributed by atoms with Gasteiger partial charge >= 0.3 is 0 Å². The van der Waals surface area contributed by atoms with Crippen molar-refractivity contribution in [3.8, 4) is 0 Å². The van der Waals surface area contributed by atoms with Crippen LogP contribution < -0.4 is 10.6 Å². The van der Waals surface area contributed by atoms with Crippen molar-refractivity contribution >= 4 is 40.4 Å². The zero-order valence-electron chi connectivity index (χ0n) is 11.4. The predicted molar refractivity (Wildman–Crippen MR) is 76.9 cm³/mol. The van der Waals surface area contributed by atoms with Gasteiger partial charge in [0.15, 0.2) is 0 Å². The highest BCUT2D eigenvalue weighted by Gasteiger charge is 2.28. The minimum Gasteiger partial charge on any atom is -0.346 e. The smallest absolute Gasteiger partial charge is 0.249 e. The predicted octanol–water partition coefficient (Wildman–Crippen LogP) is 0.0752. The lowest BCUT2D eigenvalue weighted by Gasteiger charge is -2.21. The summed E-state index contributed by atoms with van der Waals surface area (Å²) in [6.45, 7) is 0. The minimum absolute atomic E-state index is 0.0326. The molecule has 2 aromatic rings. The molecule has 1 atom stereocenters. The summed E-state index contributed by atoms with van der Waals surface area (Å²) in [5.41, 5.74) is 1.19. The molecule has 1 saturated heterocycles. The van der Waals surface area contributed by atoms with Crippen molar-refractivity contribution in [1.29, 1.82) is 0 Å². The van der Waals surface area contributed by atoms with Gasteiger partial charge in [-0.05, 0) is 12.0 Å². The second kappa shape index (κ2) is 5.72. The quantitative estimate of drug-likeness (QED) is 0.546. The van der Waals surface area contributed by atoms with Crippen LogP contribution >= 0.6 is 11.6 Å². The van der Waals surface area contributed by atoms with Gasteiger partial charge in [0.05, 0.1) is 11.8 Å². The molecule has 0 aromatic carbocycles. The number of carbonyl (C=O) groups is 3. The van der Waals surface area contributed by atoms with Gasteiger partial charge in [0, 0.05) is 12.6 Å². The number of imide groups is 1. The number of carbonyl (C=O) groups excluding carboxylic acids is 3. The molecule has 1 aliphatic heterocycles. The van der Waals surface area contributed by atoms with Crippen molar-refractivity contribution in [1.82, 2.24) is 25.6 Å². The maximum absolute atomic E-state index is 12.1. The van der Waals surface area contributed by atoms with Gasteiger partial charge in [-0.15, -0.1) is 0 Å². The van der Waals surface area contributed by atoms with Gasteiger partial charge in [0.2, 0.25) is 17.7 Å². The lowest BCUT2D eigenvalue weighted by Crippen LogP contribution is -2.52. The summed E-state index contributed by atoms with van der Waals surface area (Å²) < 4.78 is 0. The molecule has 8 nitrogen and oxygen atoms in total. The normalized spacial score (nSPS) is 18.3. The highest BCUT2D eigenvalue weighted by molar-refractivity contribution is 6.34. The van der Waals surface area contributed by atoms with E-state index >= 15 is 0 Å². The highest BCUT2D eigenvalue weighted by atomic mass is 35.5. The van der Waals surface area contributed by atoms with E-state index in [0.717, 1.165) is 0 Å². The highest BCUT2D eigenvalue weighted by Crippen LogP contribution is 2.23. The van der Waals surface area contributed by atoms with Crippen molar-refractivity contribution in [2.24, 2.45) is 0 Å². The number of aromatic amines is 1. The van der Waals surface area contributed by atoms with Crippen LogP contribution in [0.5, 0.6) is 0 Å². The van der Waals surface area contributed by atoms with E-state index in [4.69, 9.17) is 11.6 Å². The molecule has 3 rings (SSSR count). The van der Waals surface area contributed by atoms with Crippen LogP contribution in [0.1, 0.15) is 18.4 Å². The molecule has 9 heteroatoms. The number of hydrogen-bond donors (Lipinski definition) is 3. The fourth-order valence-electron chi connectivity index (χ4n) is 2.37. The van der Waals surface area contributed by atoms with E-state index < -0.39 is 11.9 Å². The first-order valence-corrected chi connectivity index (χ1v) is 7.02. The largest absolute Gasteiger partial charge is 0.346 e. The maximum atomic E-state index is 12.1. The van der Waals surface area contributed by atoms with Gasteiger partial charge in [-0.25, -0.2) is 9.97 Å². The number of nitrogens with zero attached hydrogens (tertiary/aromatic N) is 2. The number of halogens is 1. The monoisotopic (exact) mass is 321 g/mol. The van der Waals surface area contributed by atoms with Crippen LogP contribution in [0.25, 0.3) is 11.0 Å². The first-order chi connectivity index (χ1) is 10.5. The van der Waals surface area contributed by atoms with Crippen molar-refractivity contribution < 1.29 is 14.4 Å². The van der Waals surface area contributed by atoms with E-state index in [1.165, 1.54) is 6.33 Å². The summed E-state index contributed by atoms with van der Waals surface area (Å²) in [6.07, 6.45) is 3.51. The number of rotatable bonds is 3. The molecule has 1 fully saturated rings. The first-order valence-electron chi connectivity index (χ1n) is 6.64. The second-order valence-electron chi connectivity index (χ2n) is 4.95. The molecule has 0 saturated carbocycles. The second-order valence-corrected chi connectivity index (χ2v) is 5.31. The molecule has 0 bridgehead atoms. The van der Waals surface area contributed by atoms with Gasteiger partial charge in [-0.3, -0.25) is 19.7 Å².